The van der Waals surface area contributed by atoms with Crippen LogP contribution < -0.4 is 10.5 Å². The van der Waals surface area contributed by atoms with E-state index in [-0.39, 0.29) is 26.9 Å². The minimum atomic E-state index is -3.90. The van der Waals surface area contributed by atoms with Gasteiger partial charge in [0.2, 0.25) is 0 Å². The third-order valence-corrected chi connectivity index (χ3v) is 4.77. The van der Waals surface area contributed by atoms with Crippen molar-refractivity contribution in [3.05, 3.63) is 52.3 Å². The lowest BCUT2D eigenvalue weighted by Crippen LogP contribution is -2.15. The monoisotopic (exact) mass is 328 g/mol. The molecule has 0 unspecified atom stereocenters. The van der Waals surface area contributed by atoms with Gasteiger partial charge in [0.05, 0.1) is 21.3 Å². The Balaban J connectivity index is 2.46. The lowest BCUT2D eigenvalue weighted by Gasteiger charge is -2.13. The molecule has 0 bridgehead atoms. The van der Waals surface area contributed by atoms with Crippen molar-refractivity contribution in [2.75, 3.05) is 10.5 Å². The molecule has 21 heavy (non-hydrogen) atoms. The SMILES string of the molecule is Cc1ccc(NS(=O)(=O)c2cc(N)c(F)cc2C)c(Cl)c1. The summed E-state index contributed by atoms with van der Waals surface area (Å²) in [7, 11) is -3.90. The molecule has 4 nitrogen and oxygen atoms in total. The lowest BCUT2D eigenvalue weighted by atomic mass is 10.2. The number of aryl methyl sites for hydroxylation is 2. The molecule has 0 radical (unpaired) electrons. The quantitative estimate of drug-likeness (QED) is 0.847. The highest BCUT2D eigenvalue weighted by molar-refractivity contribution is 7.92. The van der Waals surface area contributed by atoms with Crippen LogP contribution in [0.1, 0.15) is 11.1 Å². The molecule has 2 aromatic carbocycles. The molecule has 2 aromatic rings. The number of sulfonamides is 1. The topological polar surface area (TPSA) is 72.2 Å². The molecule has 0 saturated carbocycles. The van der Waals surface area contributed by atoms with Crippen LogP contribution in [0.4, 0.5) is 15.8 Å². The molecule has 112 valence electrons. The number of nitrogens with two attached hydrogens (primary N) is 1. The van der Waals surface area contributed by atoms with Crippen molar-refractivity contribution in [2.24, 2.45) is 0 Å². The normalized spacial score (nSPS) is 11.4. The summed E-state index contributed by atoms with van der Waals surface area (Å²) in [6, 6.07) is 7.12. The first-order valence-electron chi connectivity index (χ1n) is 6.05. The van der Waals surface area contributed by atoms with E-state index in [0.717, 1.165) is 17.7 Å². The molecule has 0 saturated heterocycles. The number of anilines is 2. The Kier molecular flexibility index (Phi) is 4.11. The Morgan fingerprint density at radius 3 is 2.48 bits per heavy atom. The molecule has 7 heteroatoms. The summed E-state index contributed by atoms with van der Waals surface area (Å²) in [4.78, 5) is -0.0851. The third kappa shape index (κ3) is 3.28. The molecule has 3 N–H and O–H groups in total. The summed E-state index contributed by atoms with van der Waals surface area (Å²) in [6.07, 6.45) is 0. The first-order valence-corrected chi connectivity index (χ1v) is 7.91. The zero-order valence-corrected chi connectivity index (χ0v) is 13.0. The van der Waals surface area contributed by atoms with Crippen LogP contribution >= 0.6 is 11.6 Å². The molecule has 0 heterocycles. The summed E-state index contributed by atoms with van der Waals surface area (Å²) in [5, 5.41) is 0.284. The predicted molar refractivity (Wildman–Crippen MR) is 82.5 cm³/mol. The molecular weight excluding hydrogens is 315 g/mol. The minimum Gasteiger partial charge on any atom is -0.396 e. The predicted octanol–water partition coefficient (Wildman–Crippen LogP) is 3.48. The number of rotatable bonds is 3. The molecule has 0 spiro atoms. The van der Waals surface area contributed by atoms with E-state index in [4.69, 9.17) is 17.3 Å². The molecule has 0 aliphatic rings. The Hall–Kier alpha value is -1.79. The maximum atomic E-state index is 13.3. The largest absolute Gasteiger partial charge is 0.396 e. The van der Waals surface area contributed by atoms with Crippen molar-refractivity contribution in [3.63, 3.8) is 0 Å². The van der Waals surface area contributed by atoms with E-state index in [9.17, 15) is 12.8 Å². The van der Waals surface area contributed by atoms with E-state index in [1.165, 1.54) is 6.92 Å². The number of halogens is 2. The summed E-state index contributed by atoms with van der Waals surface area (Å²) in [5.74, 6) is -0.653. The van der Waals surface area contributed by atoms with Gasteiger partial charge in [-0.15, -0.1) is 0 Å². The van der Waals surface area contributed by atoms with Crippen molar-refractivity contribution in [3.8, 4) is 0 Å². The third-order valence-electron chi connectivity index (χ3n) is 2.95. The second-order valence-corrected chi connectivity index (χ2v) is 6.79. The minimum absolute atomic E-state index is 0.0851. The van der Waals surface area contributed by atoms with E-state index in [0.29, 0.717) is 0 Å². The Morgan fingerprint density at radius 1 is 1.19 bits per heavy atom. The summed E-state index contributed by atoms with van der Waals surface area (Å²) in [6.45, 7) is 3.34. The van der Waals surface area contributed by atoms with Crippen LogP contribution in [0.15, 0.2) is 35.2 Å². The second-order valence-electron chi connectivity index (χ2n) is 4.73. The van der Waals surface area contributed by atoms with Gasteiger partial charge in [-0.05, 0) is 49.2 Å². The average molecular weight is 329 g/mol. The lowest BCUT2D eigenvalue weighted by molar-refractivity contribution is 0.599. The van der Waals surface area contributed by atoms with Crippen LogP contribution in [0.3, 0.4) is 0 Å². The first kappa shape index (κ1) is 15.6. The van der Waals surface area contributed by atoms with Gasteiger partial charge >= 0.3 is 0 Å². The molecule has 0 aliphatic carbocycles. The van der Waals surface area contributed by atoms with E-state index in [1.54, 1.807) is 18.2 Å². The maximum absolute atomic E-state index is 13.3. The highest BCUT2D eigenvalue weighted by Crippen LogP contribution is 2.28. The average Bonchev–Trinajstić information content (AvgIpc) is 2.37. The van der Waals surface area contributed by atoms with Crippen LogP contribution in [-0.2, 0) is 10.0 Å². The van der Waals surface area contributed by atoms with Gasteiger partial charge in [-0.2, -0.15) is 0 Å². The summed E-state index contributed by atoms with van der Waals surface area (Å²) in [5.41, 5.74) is 6.63. The molecule has 0 atom stereocenters. The van der Waals surface area contributed by atoms with Gasteiger partial charge in [0.1, 0.15) is 5.82 Å². The highest BCUT2D eigenvalue weighted by Gasteiger charge is 2.20. The molecule has 0 aromatic heterocycles. The molecule has 0 fully saturated rings. The number of hydrogen-bond acceptors (Lipinski definition) is 3. The number of benzene rings is 2. The molecule has 2 rings (SSSR count). The van der Waals surface area contributed by atoms with Crippen LogP contribution in [0, 0.1) is 19.7 Å². The first-order chi connectivity index (χ1) is 9.70. The van der Waals surface area contributed by atoms with Gasteiger partial charge in [-0.1, -0.05) is 17.7 Å². The maximum Gasteiger partial charge on any atom is 0.262 e. The molecular formula is C14H14ClFN2O2S. The van der Waals surface area contributed by atoms with Gasteiger partial charge in [0.15, 0.2) is 0 Å². The highest BCUT2D eigenvalue weighted by atomic mass is 35.5. The van der Waals surface area contributed by atoms with E-state index >= 15 is 0 Å². The van der Waals surface area contributed by atoms with Gasteiger partial charge in [-0.25, -0.2) is 12.8 Å². The van der Waals surface area contributed by atoms with Gasteiger partial charge < -0.3 is 5.73 Å². The zero-order chi connectivity index (χ0) is 15.8. The van der Waals surface area contributed by atoms with Crippen LogP contribution in [0.25, 0.3) is 0 Å². The van der Waals surface area contributed by atoms with Crippen molar-refractivity contribution < 1.29 is 12.8 Å². The standard InChI is InChI=1S/C14H14ClFN2O2S/c1-8-3-4-13(10(15)5-8)18-21(19,20)14-7-12(17)11(16)6-9(14)2/h3-7,18H,17H2,1-2H3. The number of hydrogen-bond donors (Lipinski definition) is 2. The molecule has 0 aliphatic heterocycles. The number of nitrogen functional groups attached to an aromatic ring is 1. The van der Waals surface area contributed by atoms with Gasteiger partial charge in [0, 0.05) is 0 Å². The van der Waals surface area contributed by atoms with E-state index < -0.39 is 15.8 Å². The van der Waals surface area contributed by atoms with Crippen molar-refractivity contribution >= 4 is 33.0 Å². The number of nitrogens with one attached hydrogen (secondary N) is 1. The fourth-order valence-electron chi connectivity index (χ4n) is 1.86. The van der Waals surface area contributed by atoms with Gasteiger partial charge in [-0.3, -0.25) is 4.72 Å². The fourth-order valence-corrected chi connectivity index (χ4v) is 3.54. The van der Waals surface area contributed by atoms with Crippen molar-refractivity contribution in [2.45, 2.75) is 18.7 Å². The van der Waals surface area contributed by atoms with Crippen molar-refractivity contribution in [1.29, 1.82) is 0 Å². The van der Waals surface area contributed by atoms with E-state index in [1.807, 2.05) is 6.92 Å². The Morgan fingerprint density at radius 2 is 1.86 bits per heavy atom. The smallest absolute Gasteiger partial charge is 0.262 e. The van der Waals surface area contributed by atoms with Crippen molar-refractivity contribution in [1.82, 2.24) is 0 Å². The van der Waals surface area contributed by atoms with E-state index in [2.05, 4.69) is 4.72 Å². The van der Waals surface area contributed by atoms with Gasteiger partial charge in [0.25, 0.3) is 10.0 Å². The molecule has 0 amide bonds. The Bertz CT molecular complexity index is 807. The van der Waals surface area contributed by atoms with Crippen LogP contribution in [0.2, 0.25) is 5.02 Å². The fraction of sp³-hybridized carbons (Fsp3) is 0.143. The Labute approximate surface area is 127 Å². The van der Waals surface area contributed by atoms with Crippen LogP contribution in [0.5, 0.6) is 0 Å². The van der Waals surface area contributed by atoms with Crippen LogP contribution in [-0.4, -0.2) is 8.42 Å². The zero-order valence-electron chi connectivity index (χ0n) is 11.4. The summed E-state index contributed by atoms with van der Waals surface area (Å²) < 4.78 is 40.5. The summed E-state index contributed by atoms with van der Waals surface area (Å²) >= 11 is 6.01. The second kappa shape index (κ2) is 5.54.